The Hall–Kier alpha value is -3.52. The average Bonchev–Trinajstić information content (AvgIpc) is 2.76. The van der Waals surface area contributed by atoms with E-state index in [0.717, 1.165) is 22.5 Å². The molecule has 0 bridgehead atoms. The number of nitrogens with zero attached hydrogens (tertiary/aromatic N) is 1. The lowest BCUT2D eigenvalue weighted by molar-refractivity contribution is -0.137. The van der Waals surface area contributed by atoms with Crippen LogP contribution in [-0.4, -0.2) is 44.8 Å². The van der Waals surface area contributed by atoms with Crippen LogP contribution in [0.4, 0.5) is 29.3 Å². The molecule has 0 saturated heterocycles. The fraction of sp³-hybridized carbons (Fsp3) is 0.300. The number of hydroxylamine groups is 1. The summed E-state index contributed by atoms with van der Waals surface area (Å²) in [6.07, 6.45) is -7.50. The molecule has 1 aliphatic heterocycles. The molecule has 0 spiro atoms. The monoisotopic (exact) mass is 503 g/mol. The van der Waals surface area contributed by atoms with Crippen molar-refractivity contribution in [3.8, 4) is 5.75 Å². The maximum Gasteiger partial charge on any atom is 0.416 e. The topological polar surface area (TPSA) is 134 Å². The maximum atomic E-state index is 13.4. The Labute approximate surface area is 192 Å². The molecule has 184 valence electrons. The van der Waals surface area contributed by atoms with Gasteiger partial charge in [0.2, 0.25) is 5.91 Å². The summed E-state index contributed by atoms with van der Waals surface area (Å²) in [5.41, 5.74) is 0.900. The molecule has 1 heterocycles. The van der Waals surface area contributed by atoms with Crippen LogP contribution in [0.1, 0.15) is 18.9 Å². The van der Waals surface area contributed by atoms with Crippen LogP contribution >= 0.6 is 0 Å². The summed E-state index contributed by atoms with van der Waals surface area (Å²) in [6, 6.07) is 6.99. The van der Waals surface area contributed by atoms with Crippen LogP contribution in [0.25, 0.3) is 0 Å². The molecule has 34 heavy (non-hydrogen) atoms. The third-order valence-electron chi connectivity index (χ3n) is 4.63. The van der Waals surface area contributed by atoms with E-state index in [-0.39, 0.29) is 30.2 Å². The van der Waals surface area contributed by atoms with Gasteiger partial charge in [0, 0.05) is 5.69 Å². The number of ether oxygens (including phenoxy) is 1. The Morgan fingerprint density at radius 2 is 1.97 bits per heavy atom. The zero-order chi connectivity index (χ0) is 25.1. The van der Waals surface area contributed by atoms with Gasteiger partial charge in [0.1, 0.15) is 11.9 Å². The molecule has 1 aliphatic rings. The number of nitrogens with one attached hydrogen (secondary N) is 2. The van der Waals surface area contributed by atoms with Gasteiger partial charge in [-0.3, -0.25) is 19.3 Å². The second kappa shape index (κ2) is 9.77. The lowest BCUT2D eigenvalue weighted by atomic mass is 10.1. The number of anilines is 2. The summed E-state index contributed by atoms with van der Waals surface area (Å²) >= 11 is 0. The van der Waals surface area contributed by atoms with Crippen LogP contribution < -0.4 is 19.8 Å². The minimum absolute atomic E-state index is 0.00614. The number of sulfonamides is 1. The van der Waals surface area contributed by atoms with Gasteiger partial charge >= 0.3 is 12.3 Å². The Balaban J connectivity index is 2.04. The molecule has 14 heteroatoms. The predicted molar refractivity (Wildman–Crippen MR) is 113 cm³/mol. The molecular weight excluding hydrogens is 483 g/mol. The van der Waals surface area contributed by atoms with Crippen LogP contribution in [0, 0.1) is 0 Å². The van der Waals surface area contributed by atoms with Crippen LogP contribution in [0.2, 0.25) is 0 Å². The summed E-state index contributed by atoms with van der Waals surface area (Å²) in [5.74, 6) is -0.608. The number of carbonyl (C=O) groups excluding carboxylic acids is 1. The first-order valence-corrected chi connectivity index (χ1v) is 11.3. The van der Waals surface area contributed by atoms with Gasteiger partial charge < -0.3 is 9.84 Å². The van der Waals surface area contributed by atoms with Gasteiger partial charge in [0.05, 0.1) is 35.7 Å². The van der Waals surface area contributed by atoms with Gasteiger partial charge in [0.25, 0.3) is 10.0 Å². The highest BCUT2D eigenvalue weighted by Crippen LogP contribution is 2.40. The second-order valence-corrected chi connectivity index (χ2v) is 8.94. The van der Waals surface area contributed by atoms with Crippen LogP contribution in [-0.2, 0) is 25.8 Å². The zero-order valence-electron chi connectivity index (χ0n) is 17.6. The molecule has 2 amide bonds. The van der Waals surface area contributed by atoms with Crippen molar-refractivity contribution in [3.63, 3.8) is 0 Å². The standard InChI is InChI=1S/C20H20F3N3O7S/c1-2-32-25-18(27)10-14-11-26(16-9-13(24-19(28)29)6-7-17(16)33-14)34(30,31)15-5-3-4-12(8-15)20(21,22)23/h3-9,14,24H,2,10-11H2,1H3,(H,25,27)(H,28,29). The first-order chi connectivity index (χ1) is 15.9. The minimum atomic E-state index is -4.77. The van der Waals surface area contributed by atoms with Gasteiger partial charge in [-0.25, -0.2) is 18.7 Å². The molecule has 0 radical (unpaired) electrons. The van der Waals surface area contributed by atoms with Gasteiger partial charge in [-0.2, -0.15) is 13.2 Å². The van der Waals surface area contributed by atoms with Crippen LogP contribution in [0.3, 0.4) is 0 Å². The van der Waals surface area contributed by atoms with E-state index in [4.69, 9.17) is 14.7 Å². The van der Waals surface area contributed by atoms with Crippen molar-refractivity contribution in [3.05, 3.63) is 48.0 Å². The molecule has 3 rings (SSSR count). The number of alkyl halides is 3. The number of carboxylic acid groups (broad SMARTS) is 1. The number of carbonyl (C=O) groups is 2. The molecule has 3 N–H and O–H groups in total. The molecule has 10 nitrogen and oxygen atoms in total. The number of hydrogen-bond acceptors (Lipinski definition) is 6. The largest absolute Gasteiger partial charge is 0.486 e. The molecule has 0 saturated carbocycles. The van der Waals surface area contributed by atoms with E-state index < -0.39 is 51.3 Å². The van der Waals surface area contributed by atoms with E-state index in [1.54, 1.807) is 6.92 Å². The van der Waals surface area contributed by atoms with Crippen LogP contribution in [0.5, 0.6) is 5.75 Å². The first kappa shape index (κ1) is 25.1. The molecule has 0 aromatic heterocycles. The fourth-order valence-corrected chi connectivity index (χ4v) is 4.75. The van der Waals surface area contributed by atoms with Crippen molar-refractivity contribution in [2.24, 2.45) is 0 Å². The number of hydrogen-bond donors (Lipinski definition) is 3. The molecule has 0 fully saturated rings. The summed E-state index contributed by atoms with van der Waals surface area (Å²) in [7, 11) is -4.57. The van der Waals surface area contributed by atoms with E-state index in [1.165, 1.54) is 18.2 Å². The second-order valence-electron chi connectivity index (χ2n) is 7.08. The normalized spacial score (nSPS) is 15.8. The molecule has 1 atom stereocenters. The highest BCUT2D eigenvalue weighted by Gasteiger charge is 2.37. The molecular formula is C20H20F3N3O7S. The third kappa shape index (κ3) is 5.69. The summed E-state index contributed by atoms with van der Waals surface area (Å²) in [4.78, 5) is 27.2. The van der Waals surface area contributed by atoms with E-state index in [2.05, 4.69) is 10.8 Å². The quantitative estimate of drug-likeness (QED) is 0.494. The smallest absolute Gasteiger partial charge is 0.416 e. The Bertz CT molecular complexity index is 1190. The number of halogens is 3. The Morgan fingerprint density at radius 3 is 2.62 bits per heavy atom. The lowest BCUT2D eigenvalue weighted by Crippen LogP contribution is -2.45. The highest BCUT2D eigenvalue weighted by molar-refractivity contribution is 7.92. The van der Waals surface area contributed by atoms with Crippen molar-refractivity contribution in [2.45, 2.75) is 30.5 Å². The number of amides is 2. The van der Waals surface area contributed by atoms with E-state index in [0.29, 0.717) is 6.07 Å². The van der Waals surface area contributed by atoms with Crippen LogP contribution in [0.15, 0.2) is 47.4 Å². The molecule has 2 aromatic carbocycles. The Morgan fingerprint density at radius 1 is 1.24 bits per heavy atom. The fourth-order valence-electron chi connectivity index (χ4n) is 3.21. The van der Waals surface area contributed by atoms with Crippen molar-refractivity contribution in [1.29, 1.82) is 0 Å². The van der Waals surface area contributed by atoms with Gasteiger partial charge in [-0.1, -0.05) is 6.07 Å². The molecule has 2 aromatic rings. The summed E-state index contributed by atoms with van der Waals surface area (Å²) < 4.78 is 72.8. The highest BCUT2D eigenvalue weighted by atomic mass is 32.2. The number of benzene rings is 2. The van der Waals surface area contributed by atoms with Crippen molar-refractivity contribution >= 4 is 33.4 Å². The van der Waals surface area contributed by atoms with Gasteiger partial charge in [-0.05, 0) is 43.3 Å². The summed E-state index contributed by atoms with van der Waals surface area (Å²) in [6.45, 7) is 1.40. The summed E-state index contributed by atoms with van der Waals surface area (Å²) in [5, 5.41) is 11.0. The zero-order valence-corrected chi connectivity index (χ0v) is 18.4. The third-order valence-corrected chi connectivity index (χ3v) is 6.41. The van der Waals surface area contributed by atoms with Crippen molar-refractivity contribution in [1.82, 2.24) is 5.48 Å². The first-order valence-electron chi connectivity index (χ1n) is 9.83. The van der Waals surface area contributed by atoms with Gasteiger partial charge in [0.15, 0.2) is 0 Å². The SMILES string of the molecule is CCONC(=O)CC1CN(S(=O)(=O)c2cccc(C(F)(F)F)c2)c2cc(NC(=O)O)ccc2O1. The average molecular weight is 503 g/mol. The predicted octanol–water partition coefficient (Wildman–Crippen LogP) is 3.21. The lowest BCUT2D eigenvalue weighted by Gasteiger charge is -2.35. The number of rotatable bonds is 7. The van der Waals surface area contributed by atoms with E-state index >= 15 is 0 Å². The molecule has 0 aliphatic carbocycles. The van der Waals surface area contributed by atoms with E-state index in [9.17, 15) is 31.2 Å². The Kier molecular flexibility index (Phi) is 7.21. The van der Waals surface area contributed by atoms with Crippen molar-refractivity contribution in [2.75, 3.05) is 22.8 Å². The maximum absolute atomic E-state index is 13.4. The molecule has 1 unspecified atom stereocenters. The van der Waals surface area contributed by atoms with Gasteiger partial charge in [-0.15, -0.1) is 0 Å². The van der Waals surface area contributed by atoms with Crippen molar-refractivity contribution < 1.29 is 45.9 Å². The minimum Gasteiger partial charge on any atom is -0.486 e. The van der Waals surface area contributed by atoms with E-state index in [1.807, 2.05) is 0 Å². The number of fused-ring (bicyclic) bond motifs is 1.